The summed E-state index contributed by atoms with van der Waals surface area (Å²) in [7, 11) is -3.60. The van der Waals surface area contributed by atoms with Crippen molar-refractivity contribution in [2.24, 2.45) is 0 Å². The van der Waals surface area contributed by atoms with Crippen LogP contribution in [0, 0.1) is 0 Å². The van der Waals surface area contributed by atoms with E-state index >= 15 is 0 Å². The number of thioether (sulfide) groups is 1. The quantitative estimate of drug-likeness (QED) is 0.157. The summed E-state index contributed by atoms with van der Waals surface area (Å²) in [4.78, 5) is 10.1. The molecule has 6 aliphatic rings. The molecule has 0 bridgehead atoms. The van der Waals surface area contributed by atoms with Crippen LogP contribution in [-0.4, -0.2) is 59.4 Å². The first-order valence-electron chi connectivity index (χ1n) is 32.4. The molecule has 10 aromatic rings. The minimum atomic E-state index is -2.91. The van der Waals surface area contributed by atoms with E-state index < -0.39 is 20.6 Å². The number of hydrogen-bond donors (Lipinski definition) is 1. The molecule has 8 aromatic carbocycles. The largest absolute Gasteiger partial charge is 0.493 e. The van der Waals surface area contributed by atoms with E-state index in [2.05, 4.69) is 65.4 Å². The van der Waals surface area contributed by atoms with Gasteiger partial charge in [-0.15, -0.1) is 11.8 Å². The Bertz CT molecular complexity index is 3260. The fourth-order valence-electron chi connectivity index (χ4n) is 8.84. The highest BCUT2D eigenvalue weighted by Gasteiger charge is 2.25. The Hall–Kier alpha value is -7.58. The van der Waals surface area contributed by atoms with Crippen LogP contribution in [0.15, 0.2) is 232 Å². The molecule has 2 atom stereocenters. The third-order valence-corrected chi connectivity index (χ3v) is 17.1. The predicted octanol–water partition coefficient (Wildman–Crippen LogP) is 20.9. The molecule has 0 spiro atoms. The van der Waals surface area contributed by atoms with Gasteiger partial charge in [0.05, 0.1) is 51.7 Å². The monoisotopic (exact) mass is 1280 g/mol. The van der Waals surface area contributed by atoms with Gasteiger partial charge in [-0.25, -0.2) is 13.4 Å². The van der Waals surface area contributed by atoms with Gasteiger partial charge in [-0.1, -0.05) is 230 Å². The van der Waals surface area contributed by atoms with Crippen LogP contribution in [0.25, 0.3) is 22.0 Å². The number of aromatic nitrogens is 2. The van der Waals surface area contributed by atoms with Crippen LogP contribution < -0.4 is 18.9 Å². The third-order valence-electron chi connectivity index (χ3n) is 12.7. The fraction of sp³-hybridized carbons (Fsp3) is 0.338. The summed E-state index contributed by atoms with van der Waals surface area (Å²) in [5, 5.41) is 1.16. The van der Waals surface area contributed by atoms with Gasteiger partial charge in [-0.2, -0.15) is 0 Å². The van der Waals surface area contributed by atoms with E-state index in [0.29, 0.717) is 24.2 Å². The van der Waals surface area contributed by atoms with Crippen molar-refractivity contribution in [3.8, 4) is 23.0 Å². The van der Waals surface area contributed by atoms with Gasteiger partial charge >= 0.3 is 0 Å². The van der Waals surface area contributed by atoms with Gasteiger partial charge in [0.15, 0.2) is 21.3 Å². The zero-order valence-electron chi connectivity index (χ0n) is 56.3. The van der Waals surface area contributed by atoms with Gasteiger partial charge in [-0.05, 0) is 121 Å². The maximum atomic E-state index is 11.3. The highest BCUT2D eigenvalue weighted by molar-refractivity contribution is 7.99. The van der Waals surface area contributed by atoms with Crippen LogP contribution >= 0.6 is 11.8 Å². The fourth-order valence-corrected chi connectivity index (χ4v) is 12.8. The van der Waals surface area contributed by atoms with Crippen molar-refractivity contribution in [1.29, 1.82) is 0 Å². The Balaban J connectivity index is 0.000000341. The van der Waals surface area contributed by atoms with Crippen LogP contribution in [0.2, 0.25) is 0 Å². The van der Waals surface area contributed by atoms with Crippen molar-refractivity contribution >= 4 is 54.4 Å². The van der Waals surface area contributed by atoms with Crippen molar-refractivity contribution in [2.75, 3.05) is 30.7 Å². The maximum absolute atomic E-state index is 11.3. The molecule has 10 nitrogen and oxygen atoms in total. The van der Waals surface area contributed by atoms with Crippen LogP contribution in [-0.2, 0) is 52.7 Å². The summed E-state index contributed by atoms with van der Waals surface area (Å²) in [6, 6.07) is 65.7. The molecule has 0 aliphatic carbocycles. The van der Waals surface area contributed by atoms with E-state index in [9.17, 15) is 12.6 Å². The Morgan fingerprint density at radius 2 is 1.03 bits per heavy atom. The highest BCUT2D eigenvalue weighted by atomic mass is 32.2. The normalized spacial score (nSPS) is 14.3. The first kappa shape index (κ1) is 78.5. The average Bonchev–Trinajstić information content (AvgIpc) is 2.64. The van der Waals surface area contributed by atoms with Crippen LogP contribution in [0.3, 0.4) is 0 Å². The number of benzene rings is 8. The highest BCUT2D eigenvalue weighted by Crippen LogP contribution is 2.32. The molecule has 13 heteroatoms. The molecule has 2 unspecified atom stereocenters. The molecule has 486 valence electrons. The zero-order chi connectivity index (χ0) is 66.4. The number of rotatable bonds is 0. The Morgan fingerprint density at radius 3 is 1.64 bits per heavy atom. The molecule has 0 fully saturated rings. The minimum absolute atomic E-state index is 0.284. The summed E-state index contributed by atoms with van der Waals surface area (Å²) in [5.41, 5.74) is 9.52. The van der Waals surface area contributed by atoms with Crippen LogP contribution in [0.4, 0.5) is 0 Å². The molecule has 1 N–H and O–H groups in total. The van der Waals surface area contributed by atoms with E-state index in [-0.39, 0.29) is 5.75 Å². The van der Waals surface area contributed by atoms with Gasteiger partial charge in [-0.3, -0.25) is 4.21 Å². The van der Waals surface area contributed by atoms with E-state index in [0.717, 1.165) is 87.1 Å². The number of ether oxygens (including phenoxy) is 4. The molecule has 0 radical (unpaired) electrons. The SMILES string of the molecule is CC.CC.CC.CC.CC.CC.CC.CC1Cc2ccccc2O1.O=S1(=O)CCc2ccccc21.O=S1CCc2ccccc21.c1ccc2[nH]cnc2c1.c1ccc2c(c1)CCO2.c1ccc2c(c1)CCS2.c1ccc2c(c1)OCO2.c1ccc2occc2c1. The second kappa shape index (κ2) is 47.4. The number of furan rings is 1. The lowest BCUT2D eigenvalue weighted by molar-refractivity contribution is 0.174. The maximum Gasteiger partial charge on any atom is 0.231 e. The van der Waals surface area contributed by atoms with E-state index in [1.807, 2.05) is 248 Å². The van der Waals surface area contributed by atoms with Gasteiger partial charge in [0.25, 0.3) is 0 Å². The number of hydrogen-bond acceptors (Lipinski definition) is 10. The molecule has 0 amide bonds. The summed E-state index contributed by atoms with van der Waals surface area (Å²) < 4.78 is 59.8. The second-order valence-electron chi connectivity index (χ2n) is 18.0. The summed E-state index contributed by atoms with van der Waals surface area (Å²) in [5.74, 6) is 6.20. The molecular weight excluding hydrogens is 1180 g/mol. The predicted molar refractivity (Wildman–Crippen MR) is 385 cm³/mol. The first-order valence-corrected chi connectivity index (χ1v) is 36.3. The third kappa shape index (κ3) is 26.1. The van der Waals surface area contributed by atoms with Crippen molar-refractivity contribution < 1.29 is 36.0 Å². The molecule has 90 heavy (non-hydrogen) atoms. The van der Waals surface area contributed by atoms with Gasteiger partial charge < -0.3 is 28.3 Å². The molecule has 0 saturated carbocycles. The summed E-state index contributed by atoms with van der Waals surface area (Å²) in [6.07, 6.45) is 8.85. The van der Waals surface area contributed by atoms with Gasteiger partial charge in [0, 0.05) is 39.5 Å². The standard InChI is InChI=1S/C9H10O.C8H8O2S.C8H8OS.C8H8O.C8H6O.C8H8S.C7H6N2.C7H6O2.7C2H6/c1-7-6-8-4-2-3-5-9(8)10-7;9-11(10)6-5-7-3-1-2-4-8(7)11;9-10-6-5-7-3-1-2-4-8(7)10;3*1-2-4-8-7(3-1)5-6-9-8;2*1-2-4-7-6(3-1)8-5-9-7;7*1-2/h2-5,7H,6H2,1H3;1-4H,5-6H2;1-4H,5-6H2;1-4H,5-6H2;1-6H;1-4H,5-6H2;1-5H,(H,8,9);1-4H,5H2;7*1-2H3. The van der Waals surface area contributed by atoms with Crippen molar-refractivity contribution in [2.45, 2.75) is 157 Å². The number of aromatic amines is 1. The molecule has 16 rings (SSSR count). The van der Waals surface area contributed by atoms with Crippen molar-refractivity contribution in [3.05, 3.63) is 241 Å². The Kier molecular flexibility index (Phi) is 41.3. The smallest absolute Gasteiger partial charge is 0.231 e. The number of sulfone groups is 1. The summed E-state index contributed by atoms with van der Waals surface area (Å²) in [6.45, 7) is 31.3. The molecule has 8 heterocycles. The lowest BCUT2D eigenvalue weighted by Gasteiger charge is -2.00. The van der Waals surface area contributed by atoms with Gasteiger partial charge in [0.1, 0.15) is 23.2 Å². The number of nitrogens with zero attached hydrogens (tertiary/aromatic N) is 1. The second-order valence-corrected chi connectivity index (χ2v) is 22.7. The topological polar surface area (TPSA) is 130 Å². The van der Waals surface area contributed by atoms with E-state index in [1.165, 1.54) is 39.3 Å². The zero-order valence-corrected chi connectivity index (χ0v) is 58.7. The minimum Gasteiger partial charge on any atom is -0.493 e. The molecule has 0 saturated heterocycles. The number of imidazole rings is 1. The van der Waals surface area contributed by atoms with Crippen molar-refractivity contribution in [3.63, 3.8) is 0 Å². The number of para-hydroxylation sites is 7. The first-order chi connectivity index (χ1) is 44.3. The Labute approximate surface area is 548 Å². The lowest BCUT2D eigenvalue weighted by atomic mass is 10.1. The molecule has 2 aromatic heterocycles. The molecule has 6 aliphatic heterocycles. The van der Waals surface area contributed by atoms with Crippen LogP contribution in [0.5, 0.6) is 23.0 Å². The Morgan fingerprint density at radius 1 is 0.500 bits per heavy atom. The number of H-pyrrole nitrogens is 1. The van der Waals surface area contributed by atoms with Gasteiger partial charge in [0.2, 0.25) is 6.79 Å². The number of aryl methyl sites for hydroxylation is 3. The van der Waals surface area contributed by atoms with E-state index in [4.69, 9.17) is 23.4 Å². The average molecular weight is 1280 g/mol. The van der Waals surface area contributed by atoms with Crippen LogP contribution in [0.1, 0.15) is 132 Å². The lowest BCUT2D eigenvalue weighted by Crippen LogP contribution is -2.05. The summed E-state index contributed by atoms with van der Waals surface area (Å²) >= 11 is 1.97. The van der Waals surface area contributed by atoms with E-state index in [1.54, 1.807) is 24.7 Å². The number of nitrogens with one attached hydrogen (secondary N) is 1. The van der Waals surface area contributed by atoms with Crippen molar-refractivity contribution in [1.82, 2.24) is 9.97 Å². The number of fused-ring (bicyclic) bond motifs is 8. The molecular formula is C77H102N2O8S3.